The summed E-state index contributed by atoms with van der Waals surface area (Å²) in [5.41, 5.74) is 1.51. The van der Waals surface area contributed by atoms with Crippen molar-refractivity contribution in [2.24, 2.45) is 0 Å². The molecule has 0 spiro atoms. The van der Waals surface area contributed by atoms with E-state index in [9.17, 15) is 23.6 Å². The lowest BCUT2D eigenvalue weighted by Crippen LogP contribution is -2.46. The van der Waals surface area contributed by atoms with Crippen molar-refractivity contribution in [2.45, 2.75) is 57.8 Å². The highest BCUT2D eigenvalue weighted by Crippen LogP contribution is 2.28. The lowest BCUT2D eigenvalue weighted by molar-refractivity contribution is -0.137. The van der Waals surface area contributed by atoms with Crippen LogP contribution in [0.15, 0.2) is 36.4 Å². The van der Waals surface area contributed by atoms with Gasteiger partial charge in [0.05, 0.1) is 17.1 Å². The summed E-state index contributed by atoms with van der Waals surface area (Å²) in [4.78, 5) is 57.1. The molecule has 45 heavy (non-hydrogen) atoms. The van der Waals surface area contributed by atoms with E-state index in [1.807, 2.05) is 0 Å². The molecule has 1 aliphatic carbocycles. The highest BCUT2D eigenvalue weighted by atomic mass is 35.5. The first kappa shape index (κ1) is 34.1. The number of benzene rings is 2. The van der Waals surface area contributed by atoms with Gasteiger partial charge in [0, 0.05) is 49.2 Å². The van der Waals surface area contributed by atoms with Crippen molar-refractivity contribution in [3.05, 3.63) is 58.5 Å². The lowest BCUT2D eigenvalue weighted by atomic mass is 10.0. The minimum Gasteiger partial charge on any atom is -0.350 e. The van der Waals surface area contributed by atoms with E-state index in [1.54, 1.807) is 36.2 Å². The number of carbonyl (C=O) groups excluding carboxylic acids is 4. The topological polar surface area (TPSA) is 120 Å². The van der Waals surface area contributed by atoms with Gasteiger partial charge in [-0.1, -0.05) is 23.7 Å². The molecule has 1 aromatic heterocycles. The number of nitrogens with one attached hydrogen (secondary N) is 2. The Morgan fingerprint density at radius 1 is 1.07 bits per heavy atom. The molecule has 5 rings (SSSR count). The number of nitrogens with zero attached hydrogens (tertiary/aromatic N) is 5. The van der Waals surface area contributed by atoms with Crippen molar-refractivity contribution in [1.29, 1.82) is 0 Å². The summed E-state index contributed by atoms with van der Waals surface area (Å²) in [6.45, 7) is 2.83. The Hall–Kier alpha value is -3.74. The number of hydrogen-bond donors (Lipinski definition) is 2. The van der Waals surface area contributed by atoms with E-state index in [1.165, 1.54) is 28.6 Å². The van der Waals surface area contributed by atoms with E-state index in [4.69, 9.17) is 11.6 Å². The fourth-order valence-electron chi connectivity index (χ4n) is 5.51. The second-order valence-corrected chi connectivity index (χ2v) is 12.0. The van der Waals surface area contributed by atoms with Crippen molar-refractivity contribution < 1.29 is 23.6 Å². The molecule has 1 aliphatic heterocycles. The Morgan fingerprint density at radius 3 is 2.44 bits per heavy atom. The number of halogens is 3. The summed E-state index contributed by atoms with van der Waals surface area (Å²) in [5.74, 6) is -1.62. The Kier molecular flexibility index (Phi) is 11.1. The van der Waals surface area contributed by atoms with Crippen LogP contribution in [0.25, 0.3) is 10.9 Å². The van der Waals surface area contributed by atoms with Crippen molar-refractivity contribution in [3.63, 3.8) is 0 Å². The highest BCUT2D eigenvalue weighted by molar-refractivity contribution is 6.30. The van der Waals surface area contributed by atoms with Crippen LogP contribution in [0, 0.1) is 5.82 Å². The van der Waals surface area contributed by atoms with Crippen LogP contribution < -0.4 is 10.6 Å². The maximum atomic E-state index is 14.2. The molecule has 3 aromatic rings. The first-order chi connectivity index (χ1) is 21.0. The number of ketones is 1. The van der Waals surface area contributed by atoms with Gasteiger partial charge in [0.2, 0.25) is 11.8 Å². The summed E-state index contributed by atoms with van der Waals surface area (Å²) in [5, 5.41) is 10.5. The van der Waals surface area contributed by atoms with E-state index in [2.05, 4.69) is 27.7 Å². The number of rotatable bonds is 10. The molecule has 4 amide bonds. The maximum absolute atomic E-state index is 14.2. The molecule has 0 bridgehead atoms. The fourth-order valence-corrected chi connectivity index (χ4v) is 5.71. The monoisotopic (exact) mass is 661 g/mol. The van der Waals surface area contributed by atoms with Crippen LogP contribution in [0.4, 0.5) is 14.9 Å². The van der Waals surface area contributed by atoms with Crippen molar-refractivity contribution in [1.82, 2.24) is 29.8 Å². The summed E-state index contributed by atoms with van der Waals surface area (Å²) in [6, 6.07) is 9.54. The van der Waals surface area contributed by atoms with E-state index in [-0.39, 0.29) is 78.1 Å². The van der Waals surface area contributed by atoms with Crippen LogP contribution in [-0.2, 0) is 22.7 Å². The summed E-state index contributed by atoms with van der Waals surface area (Å²) >= 11 is 5.83. The summed E-state index contributed by atoms with van der Waals surface area (Å²) in [7, 11) is 3.86. The van der Waals surface area contributed by atoms with Gasteiger partial charge < -0.3 is 25.3 Å². The quantitative estimate of drug-likeness (QED) is 0.313. The second kappa shape index (κ2) is 14.6. The number of piperidine rings is 1. The number of urea groups is 1. The van der Waals surface area contributed by atoms with Gasteiger partial charge in [0.1, 0.15) is 18.1 Å². The molecule has 0 atom stereocenters. The Labute approximate surface area is 272 Å². The van der Waals surface area contributed by atoms with Crippen LogP contribution in [0.2, 0.25) is 5.02 Å². The normalized spacial score (nSPS) is 15.3. The third-order valence-corrected chi connectivity index (χ3v) is 8.60. The molecule has 0 unspecified atom stereocenters. The predicted octanol–water partition coefficient (Wildman–Crippen LogP) is 4.32. The minimum absolute atomic E-state index is 0. The molecular weight excluding hydrogens is 624 g/mol. The van der Waals surface area contributed by atoms with Gasteiger partial charge >= 0.3 is 6.03 Å². The summed E-state index contributed by atoms with van der Waals surface area (Å²) in [6.07, 6.45) is 3.34. The van der Waals surface area contributed by atoms with Crippen LogP contribution in [0.3, 0.4) is 0 Å². The van der Waals surface area contributed by atoms with Crippen molar-refractivity contribution in [3.8, 4) is 0 Å². The molecule has 11 nitrogen and oxygen atoms in total. The number of anilines is 1. The zero-order chi connectivity index (χ0) is 31.5. The number of fused-ring (bicyclic) bond motifs is 1. The largest absolute Gasteiger partial charge is 0.350 e. The summed E-state index contributed by atoms with van der Waals surface area (Å²) < 4.78 is 15.7. The molecule has 242 valence electrons. The second-order valence-electron chi connectivity index (χ2n) is 11.6. The van der Waals surface area contributed by atoms with Gasteiger partial charge in [0.15, 0.2) is 5.78 Å². The van der Waals surface area contributed by atoms with E-state index >= 15 is 0 Å². The van der Waals surface area contributed by atoms with E-state index in [0.717, 1.165) is 38.8 Å². The predicted molar refractivity (Wildman–Crippen MR) is 172 cm³/mol. The fraction of sp³-hybridized carbons (Fsp3) is 0.452. The van der Waals surface area contributed by atoms with Crippen molar-refractivity contribution in [2.75, 3.05) is 39.0 Å². The highest BCUT2D eigenvalue weighted by Gasteiger charge is 2.34. The van der Waals surface area contributed by atoms with Gasteiger partial charge in [-0.3, -0.25) is 19.1 Å². The zero-order valence-electron chi connectivity index (χ0n) is 25.5. The molecule has 0 radical (unpaired) electrons. The molecule has 2 aromatic carbocycles. The molecule has 14 heteroatoms. The third kappa shape index (κ3) is 8.11. The molecule has 1 saturated carbocycles. The standard InChI is InChI=1S/C31H37ClFN7O4.ClH/c1-19(41)30-24-15-21(35-31(44)38(3)22-11-13-37(2)14-12-22)7-10-26(24)40(36-30)18-28(43)39(23-8-9-23)17-27(42)34-16-20-5-4-6-25(32)29(20)33;/h4-7,10,15,22-23H,8-9,11-14,16-18H2,1-3H3,(H,34,42)(H,35,44);1H. The molecule has 1 saturated heterocycles. The Balaban J connectivity index is 0.00000461. The van der Waals surface area contributed by atoms with E-state index < -0.39 is 11.7 Å². The molecule has 2 N–H and O–H groups in total. The number of Topliss-reactive ketones (excluding diaryl/α,β-unsaturated/α-hetero) is 1. The number of aromatic nitrogens is 2. The van der Waals surface area contributed by atoms with Gasteiger partial charge in [-0.2, -0.15) is 5.10 Å². The smallest absolute Gasteiger partial charge is 0.321 e. The van der Waals surface area contributed by atoms with Gasteiger partial charge in [-0.05, 0) is 70.1 Å². The van der Waals surface area contributed by atoms with Crippen molar-refractivity contribution >= 4 is 64.2 Å². The lowest BCUT2D eigenvalue weighted by Gasteiger charge is -2.35. The van der Waals surface area contributed by atoms with Crippen LogP contribution in [0.5, 0.6) is 0 Å². The molecule has 2 fully saturated rings. The number of hydrogen-bond acceptors (Lipinski definition) is 6. The van der Waals surface area contributed by atoms with Gasteiger partial charge in [-0.25, -0.2) is 9.18 Å². The van der Waals surface area contributed by atoms with Crippen LogP contribution in [0.1, 0.15) is 48.7 Å². The van der Waals surface area contributed by atoms with E-state index in [0.29, 0.717) is 16.6 Å². The SMILES string of the molecule is CC(=O)c1nn(CC(=O)N(CC(=O)NCc2cccc(Cl)c2F)C2CC2)c2ccc(NC(=O)N(C)C3CCN(C)CC3)cc12.Cl. The van der Waals surface area contributed by atoms with Crippen LogP contribution >= 0.6 is 24.0 Å². The molecule has 2 heterocycles. The minimum atomic E-state index is -0.594. The van der Waals surface area contributed by atoms with Gasteiger partial charge in [0.25, 0.3) is 0 Å². The molecule has 2 aliphatic rings. The van der Waals surface area contributed by atoms with Gasteiger partial charge in [-0.15, -0.1) is 12.4 Å². The molecular formula is C31H38Cl2FN7O4. The zero-order valence-corrected chi connectivity index (χ0v) is 27.1. The number of likely N-dealkylation sites (tertiary alicyclic amines) is 1. The maximum Gasteiger partial charge on any atom is 0.321 e. The first-order valence-electron chi connectivity index (χ1n) is 14.7. The number of amides is 4. The first-order valence-corrected chi connectivity index (χ1v) is 15.1. The average molecular weight is 663 g/mol. The number of carbonyl (C=O) groups is 4. The Morgan fingerprint density at radius 2 is 1.78 bits per heavy atom. The third-order valence-electron chi connectivity index (χ3n) is 8.31. The van der Waals surface area contributed by atoms with Crippen LogP contribution in [-0.4, -0.2) is 93.9 Å². The Bertz CT molecular complexity index is 1590. The average Bonchev–Trinajstić information content (AvgIpc) is 3.78.